The van der Waals surface area contributed by atoms with Crippen molar-refractivity contribution in [3.63, 3.8) is 0 Å². The van der Waals surface area contributed by atoms with Crippen LogP contribution in [0, 0.1) is 0 Å². The highest BCUT2D eigenvalue weighted by Crippen LogP contribution is 2.44. The van der Waals surface area contributed by atoms with Gasteiger partial charge in [-0.3, -0.25) is 9.13 Å². The Kier molecular flexibility index (Phi) is 6.98. The Morgan fingerprint density at radius 3 is 1.89 bits per heavy atom. The van der Waals surface area contributed by atoms with Gasteiger partial charge in [-0.05, 0) is 57.9 Å². The minimum atomic E-state index is 0.526. The molecule has 0 bridgehead atoms. The summed E-state index contributed by atoms with van der Waals surface area (Å²) in [5, 5.41) is 11.8. The smallest absolute Gasteiger partial charge is 0.238 e. The van der Waals surface area contributed by atoms with E-state index in [0.717, 1.165) is 110 Å². The summed E-state index contributed by atoms with van der Waals surface area (Å²) in [6.07, 6.45) is 0. The summed E-state index contributed by atoms with van der Waals surface area (Å²) in [6.45, 7) is 0. The van der Waals surface area contributed by atoms with Gasteiger partial charge in [0.15, 0.2) is 0 Å². The molecule has 63 heavy (non-hydrogen) atoms. The highest BCUT2D eigenvalue weighted by molar-refractivity contribution is 6.26. The van der Waals surface area contributed by atoms with E-state index in [4.69, 9.17) is 24.4 Å². The van der Waals surface area contributed by atoms with Gasteiger partial charge in [-0.25, -0.2) is 15.0 Å². The third-order valence-electron chi connectivity index (χ3n) is 12.8. The second-order valence-electron chi connectivity index (χ2n) is 16.2. The van der Waals surface area contributed by atoms with Gasteiger partial charge in [-0.15, -0.1) is 0 Å². The van der Waals surface area contributed by atoms with Crippen LogP contribution >= 0.6 is 0 Å². The van der Waals surface area contributed by atoms with Crippen molar-refractivity contribution in [3.05, 3.63) is 194 Å². The van der Waals surface area contributed by atoms with Gasteiger partial charge in [0.25, 0.3) is 0 Å². The topological polar surface area (TPSA) is 74.6 Å². The predicted octanol–water partition coefficient (Wildman–Crippen LogP) is 14.2. The molecule has 0 aliphatic heterocycles. The van der Waals surface area contributed by atoms with Gasteiger partial charge in [0.1, 0.15) is 5.58 Å². The SMILES string of the molecule is c1ccc2cc(-c3nc(-n4c5ccccc5c5ccc6c(c7ccccc7n6-c6nc(-c7cccc8ccccc78)c7c(n6)oc6ccccc67)c54)nc4ccccc34)ccc2c1. The zero-order chi connectivity index (χ0) is 41.2. The molecule has 0 aliphatic carbocycles. The van der Waals surface area contributed by atoms with E-state index in [9.17, 15) is 0 Å². The van der Waals surface area contributed by atoms with Crippen LogP contribution in [0.2, 0.25) is 0 Å². The van der Waals surface area contributed by atoms with E-state index in [1.54, 1.807) is 0 Å². The molecule has 0 saturated heterocycles. The molecule has 0 aliphatic rings. The molecule has 7 heteroatoms. The average molecular weight is 805 g/mol. The molecule has 0 N–H and O–H groups in total. The van der Waals surface area contributed by atoms with E-state index in [2.05, 4.69) is 179 Å². The van der Waals surface area contributed by atoms with Gasteiger partial charge in [0.2, 0.25) is 17.6 Å². The highest BCUT2D eigenvalue weighted by Gasteiger charge is 2.26. The maximum absolute atomic E-state index is 6.60. The molecule has 292 valence electrons. The summed E-state index contributed by atoms with van der Waals surface area (Å²) in [4.78, 5) is 21.7. The molecule has 0 atom stereocenters. The highest BCUT2D eigenvalue weighted by atomic mass is 16.3. The van der Waals surface area contributed by atoms with E-state index >= 15 is 0 Å². The molecular formula is C56H32N6O. The van der Waals surface area contributed by atoms with Crippen molar-refractivity contribution in [2.24, 2.45) is 0 Å². The average Bonchev–Trinajstić information content (AvgIpc) is 4.01. The van der Waals surface area contributed by atoms with E-state index < -0.39 is 0 Å². The third-order valence-corrected chi connectivity index (χ3v) is 12.8. The molecule has 0 spiro atoms. The Morgan fingerprint density at radius 1 is 0.365 bits per heavy atom. The van der Waals surface area contributed by atoms with Crippen LogP contribution in [0.25, 0.3) is 133 Å². The Labute approximate surface area is 358 Å². The standard InChI is InChI=1S/C56H32N6O/c1-2-16-35-32-36(29-28-33(35)14-1)51-41-20-5-9-24-44(41)57-55(58-51)62-45-25-10-6-19-38(45)40-30-31-47-49(53(40)62)42-21-7-11-26-46(42)61(47)56-59-52(39-23-13-17-34-15-3-4-18-37(34)39)50-43-22-8-12-27-48(43)63-54(50)60-56/h1-32H. The summed E-state index contributed by atoms with van der Waals surface area (Å²) < 4.78 is 11.0. The van der Waals surface area contributed by atoms with E-state index in [0.29, 0.717) is 17.6 Å². The minimum Gasteiger partial charge on any atom is -0.437 e. The van der Waals surface area contributed by atoms with Crippen LogP contribution in [0.4, 0.5) is 0 Å². The summed E-state index contributed by atoms with van der Waals surface area (Å²) in [5.41, 5.74) is 9.93. The minimum absolute atomic E-state index is 0.526. The molecular weight excluding hydrogens is 773 g/mol. The second-order valence-corrected chi connectivity index (χ2v) is 16.2. The Balaban J connectivity index is 1.10. The predicted molar refractivity (Wildman–Crippen MR) is 257 cm³/mol. The van der Waals surface area contributed by atoms with Crippen molar-refractivity contribution < 1.29 is 4.42 Å². The Bertz CT molecular complexity index is 4230. The van der Waals surface area contributed by atoms with Gasteiger partial charge >= 0.3 is 0 Å². The summed E-state index contributed by atoms with van der Waals surface area (Å²) in [5.74, 6) is 1.13. The lowest BCUT2D eigenvalue weighted by Gasteiger charge is -2.13. The number of nitrogens with zero attached hydrogens (tertiary/aromatic N) is 6. The molecule has 0 fully saturated rings. The number of rotatable bonds is 4. The number of para-hydroxylation sites is 4. The first-order chi connectivity index (χ1) is 31.2. The summed E-state index contributed by atoms with van der Waals surface area (Å²) in [6, 6.07) is 67.9. The van der Waals surface area contributed by atoms with E-state index in [1.165, 1.54) is 5.39 Å². The number of benzene rings is 9. The first-order valence-corrected chi connectivity index (χ1v) is 21.1. The van der Waals surface area contributed by atoms with Crippen molar-refractivity contribution in [2.45, 2.75) is 0 Å². The quantitative estimate of drug-likeness (QED) is 0.177. The molecule has 9 aromatic carbocycles. The van der Waals surface area contributed by atoms with Crippen molar-refractivity contribution in [1.29, 1.82) is 0 Å². The number of hydrogen-bond acceptors (Lipinski definition) is 5. The fourth-order valence-electron chi connectivity index (χ4n) is 9.99. The number of hydrogen-bond donors (Lipinski definition) is 0. The van der Waals surface area contributed by atoms with Crippen LogP contribution in [-0.4, -0.2) is 29.1 Å². The molecule has 5 aromatic heterocycles. The largest absolute Gasteiger partial charge is 0.437 e. The van der Waals surface area contributed by atoms with Crippen LogP contribution in [-0.2, 0) is 0 Å². The summed E-state index contributed by atoms with van der Waals surface area (Å²) in [7, 11) is 0. The first kappa shape index (κ1) is 34.1. The van der Waals surface area contributed by atoms with Crippen molar-refractivity contribution in [2.75, 3.05) is 0 Å². The molecule has 0 unspecified atom stereocenters. The second kappa shape index (κ2) is 12.9. The van der Waals surface area contributed by atoms with Crippen LogP contribution in [0.3, 0.4) is 0 Å². The Hall–Kier alpha value is -8.68. The van der Waals surface area contributed by atoms with E-state index in [1.807, 2.05) is 24.3 Å². The van der Waals surface area contributed by atoms with Gasteiger partial charge in [0.05, 0.1) is 44.4 Å². The van der Waals surface area contributed by atoms with Gasteiger partial charge < -0.3 is 4.42 Å². The normalized spacial score (nSPS) is 12.1. The number of furan rings is 1. The Morgan fingerprint density at radius 2 is 1.02 bits per heavy atom. The molecule has 7 nitrogen and oxygen atoms in total. The van der Waals surface area contributed by atoms with Crippen molar-refractivity contribution in [3.8, 4) is 34.4 Å². The first-order valence-electron chi connectivity index (χ1n) is 21.1. The third kappa shape index (κ3) is 4.90. The molecule has 0 radical (unpaired) electrons. The van der Waals surface area contributed by atoms with Crippen LogP contribution in [0.15, 0.2) is 199 Å². The lowest BCUT2D eigenvalue weighted by atomic mass is 9.99. The molecule has 5 heterocycles. The fraction of sp³-hybridized carbons (Fsp3) is 0. The van der Waals surface area contributed by atoms with Gasteiger partial charge in [-0.1, -0.05) is 158 Å². The molecule has 0 amide bonds. The fourth-order valence-corrected chi connectivity index (χ4v) is 9.99. The summed E-state index contributed by atoms with van der Waals surface area (Å²) >= 11 is 0. The van der Waals surface area contributed by atoms with Crippen LogP contribution in [0.5, 0.6) is 0 Å². The van der Waals surface area contributed by atoms with Crippen molar-refractivity contribution >= 4 is 98.1 Å². The molecule has 14 aromatic rings. The zero-order valence-corrected chi connectivity index (χ0v) is 33.6. The van der Waals surface area contributed by atoms with Crippen molar-refractivity contribution in [1.82, 2.24) is 29.1 Å². The van der Waals surface area contributed by atoms with Crippen LogP contribution in [0.1, 0.15) is 0 Å². The number of fused-ring (bicyclic) bond motifs is 13. The number of aromatic nitrogens is 6. The maximum atomic E-state index is 6.60. The zero-order valence-electron chi connectivity index (χ0n) is 33.6. The van der Waals surface area contributed by atoms with Crippen LogP contribution < -0.4 is 0 Å². The maximum Gasteiger partial charge on any atom is 0.238 e. The molecule has 0 saturated carbocycles. The lowest BCUT2D eigenvalue weighted by Crippen LogP contribution is -2.04. The monoisotopic (exact) mass is 804 g/mol. The lowest BCUT2D eigenvalue weighted by molar-refractivity contribution is 0.651. The van der Waals surface area contributed by atoms with Gasteiger partial charge in [-0.2, -0.15) is 4.98 Å². The van der Waals surface area contributed by atoms with Gasteiger partial charge in [0, 0.05) is 43.4 Å². The molecule has 14 rings (SSSR count). The van der Waals surface area contributed by atoms with E-state index in [-0.39, 0.29) is 0 Å².